The van der Waals surface area contributed by atoms with Gasteiger partial charge in [0.1, 0.15) is 0 Å². The first-order valence-electron chi connectivity index (χ1n) is 7.25. The van der Waals surface area contributed by atoms with Gasteiger partial charge < -0.3 is 30.4 Å². The van der Waals surface area contributed by atoms with Gasteiger partial charge in [-0.25, -0.2) is 0 Å². The Kier molecular flexibility index (Phi) is 5.42. The van der Waals surface area contributed by atoms with Crippen LogP contribution < -0.4 is 30.4 Å². The molecule has 0 heterocycles. The highest BCUT2D eigenvalue weighted by molar-refractivity contribution is 5.78. The fourth-order valence-corrected chi connectivity index (χ4v) is 2.42. The van der Waals surface area contributed by atoms with Crippen LogP contribution in [0.5, 0.6) is 23.0 Å². The van der Waals surface area contributed by atoms with E-state index in [1.165, 1.54) is 7.11 Å². The van der Waals surface area contributed by atoms with Crippen LogP contribution in [0.4, 0.5) is 11.4 Å². The Balaban J connectivity index is 2.39. The molecule has 0 saturated heterocycles. The van der Waals surface area contributed by atoms with E-state index in [4.69, 9.17) is 30.4 Å². The van der Waals surface area contributed by atoms with E-state index in [-0.39, 0.29) is 0 Å². The number of anilines is 2. The summed E-state index contributed by atoms with van der Waals surface area (Å²) in [6.07, 6.45) is 3.80. The molecule has 24 heavy (non-hydrogen) atoms. The van der Waals surface area contributed by atoms with Crippen LogP contribution in [0, 0.1) is 0 Å². The first-order chi connectivity index (χ1) is 11.5. The quantitative estimate of drug-likeness (QED) is 0.625. The third-order valence-corrected chi connectivity index (χ3v) is 3.53. The average molecular weight is 330 g/mol. The lowest BCUT2D eigenvalue weighted by Crippen LogP contribution is -1.98. The molecular weight excluding hydrogens is 308 g/mol. The van der Waals surface area contributed by atoms with E-state index >= 15 is 0 Å². The van der Waals surface area contributed by atoms with E-state index in [2.05, 4.69) is 0 Å². The molecule has 4 N–H and O–H groups in total. The predicted molar refractivity (Wildman–Crippen MR) is 96.8 cm³/mol. The van der Waals surface area contributed by atoms with E-state index in [1.54, 1.807) is 33.5 Å². The smallest absolute Gasteiger partial charge is 0.203 e. The third-order valence-electron chi connectivity index (χ3n) is 3.53. The van der Waals surface area contributed by atoms with E-state index in [1.807, 2.05) is 24.3 Å². The second kappa shape index (κ2) is 7.50. The van der Waals surface area contributed by atoms with Gasteiger partial charge in [0, 0.05) is 0 Å². The van der Waals surface area contributed by atoms with Crippen molar-refractivity contribution < 1.29 is 18.9 Å². The summed E-state index contributed by atoms with van der Waals surface area (Å²) in [4.78, 5) is 0. The van der Waals surface area contributed by atoms with Crippen molar-refractivity contribution in [2.45, 2.75) is 0 Å². The normalized spacial score (nSPS) is 10.7. The van der Waals surface area contributed by atoms with Crippen LogP contribution in [0.3, 0.4) is 0 Å². The molecule has 6 nitrogen and oxygen atoms in total. The molecular formula is C18H22N2O4. The highest BCUT2D eigenvalue weighted by atomic mass is 16.5. The number of methoxy groups -OCH3 is 4. The van der Waals surface area contributed by atoms with Crippen LogP contribution in [-0.4, -0.2) is 28.4 Å². The summed E-state index contributed by atoms with van der Waals surface area (Å²) in [6, 6.07) is 7.30. The molecule has 2 aromatic rings. The standard InChI is InChI=1S/C18H22N2O4/c1-21-15-9-12(10-16(22-2)18(15)24-4)6-5-11-7-13(19)17(23-3)14(20)8-11/h5-10H,19-20H2,1-4H3. The van der Waals surface area contributed by atoms with Gasteiger partial charge in [-0.1, -0.05) is 12.2 Å². The molecule has 2 aromatic carbocycles. The van der Waals surface area contributed by atoms with Crippen molar-refractivity contribution in [3.05, 3.63) is 35.4 Å². The Labute approximate surface area is 141 Å². The highest BCUT2D eigenvalue weighted by Crippen LogP contribution is 2.38. The van der Waals surface area contributed by atoms with Gasteiger partial charge in [-0.2, -0.15) is 0 Å². The van der Waals surface area contributed by atoms with Crippen molar-refractivity contribution in [3.63, 3.8) is 0 Å². The number of nitrogen functional groups attached to an aromatic ring is 2. The number of hydrogen-bond donors (Lipinski definition) is 2. The SMILES string of the molecule is COc1cc(C=Cc2cc(N)c(OC)c(N)c2)cc(OC)c1OC. The van der Waals surface area contributed by atoms with Crippen molar-refractivity contribution in [2.24, 2.45) is 0 Å². The fraction of sp³-hybridized carbons (Fsp3) is 0.222. The fourth-order valence-electron chi connectivity index (χ4n) is 2.42. The van der Waals surface area contributed by atoms with E-state index in [0.29, 0.717) is 34.4 Å². The van der Waals surface area contributed by atoms with Crippen LogP contribution in [0.2, 0.25) is 0 Å². The predicted octanol–water partition coefficient (Wildman–Crippen LogP) is 3.06. The summed E-state index contributed by atoms with van der Waals surface area (Å²) >= 11 is 0. The Hall–Kier alpha value is -3.02. The minimum Gasteiger partial charge on any atom is -0.493 e. The summed E-state index contributed by atoms with van der Waals surface area (Å²) in [6.45, 7) is 0. The van der Waals surface area contributed by atoms with Crippen LogP contribution in [0.15, 0.2) is 24.3 Å². The summed E-state index contributed by atoms with van der Waals surface area (Å²) < 4.78 is 21.2. The van der Waals surface area contributed by atoms with Crippen molar-refractivity contribution in [2.75, 3.05) is 39.9 Å². The van der Waals surface area contributed by atoms with Crippen molar-refractivity contribution >= 4 is 23.5 Å². The van der Waals surface area contributed by atoms with Crippen LogP contribution >= 0.6 is 0 Å². The maximum Gasteiger partial charge on any atom is 0.203 e. The van der Waals surface area contributed by atoms with Gasteiger partial charge >= 0.3 is 0 Å². The Morgan fingerprint density at radius 1 is 0.625 bits per heavy atom. The maximum absolute atomic E-state index is 5.94. The topological polar surface area (TPSA) is 89.0 Å². The van der Waals surface area contributed by atoms with Gasteiger partial charge in [-0.05, 0) is 35.4 Å². The first-order valence-corrected chi connectivity index (χ1v) is 7.25. The monoisotopic (exact) mass is 330 g/mol. The van der Waals surface area contributed by atoms with Gasteiger partial charge in [0.15, 0.2) is 17.2 Å². The molecule has 0 spiro atoms. The van der Waals surface area contributed by atoms with Crippen LogP contribution in [-0.2, 0) is 0 Å². The number of benzene rings is 2. The van der Waals surface area contributed by atoms with Crippen molar-refractivity contribution in [1.82, 2.24) is 0 Å². The largest absolute Gasteiger partial charge is 0.493 e. The zero-order valence-electron chi connectivity index (χ0n) is 14.3. The summed E-state index contributed by atoms with van der Waals surface area (Å²) in [5.41, 5.74) is 14.6. The number of hydrogen-bond acceptors (Lipinski definition) is 6. The van der Waals surface area contributed by atoms with Gasteiger partial charge in [0.2, 0.25) is 5.75 Å². The molecule has 128 valence electrons. The van der Waals surface area contributed by atoms with Gasteiger partial charge in [0.05, 0.1) is 39.8 Å². The second-order valence-corrected chi connectivity index (χ2v) is 5.02. The Morgan fingerprint density at radius 3 is 1.42 bits per heavy atom. The molecule has 6 heteroatoms. The second-order valence-electron chi connectivity index (χ2n) is 5.02. The minimum absolute atomic E-state index is 0.486. The van der Waals surface area contributed by atoms with E-state index < -0.39 is 0 Å². The summed E-state index contributed by atoms with van der Waals surface area (Å²) in [5, 5.41) is 0. The van der Waals surface area contributed by atoms with Crippen LogP contribution in [0.1, 0.15) is 11.1 Å². The lowest BCUT2D eigenvalue weighted by Gasteiger charge is -2.13. The number of nitrogens with two attached hydrogens (primary N) is 2. The lowest BCUT2D eigenvalue weighted by molar-refractivity contribution is 0.324. The van der Waals surface area contributed by atoms with Crippen molar-refractivity contribution in [3.8, 4) is 23.0 Å². The molecule has 0 aliphatic carbocycles. The molecule has 0 aromatic heterocycles. The van der Waals surface area contributed by atoms with E-state index in [9.17, 15) is 0 Å². The summed E-state index contributed by atoms with van der Waals surface area (Å²) in [7, 11) is 6.26. The number of rotatable bonds is 6. The molecule has 0 bridgehead atoms. The lowest BCUT2D eigenvalue weighted by atomic mass is 10.1. The van der Waals surface area contributed by atoms with Crippen molar-refractivity contribution in [1.29, 1.82) is 0 Å². The molecule has 0 unspecified atom stereocenters. The van der Waals surface area contributed by atoms with E-state index in [0.717, 1.165) is 11.1 Å². The van der Waals surface area contributed by atoms with Gasteiger partial charge in [0.25, 0.3) is 0 Å². The third kappa shape index (κ3) is 3.48. The molecule has 0 amide bonds. The Morgan fingerprint density at radius 2 is 1.04 bits per heavy atom. The maximum atomic E-state index is 5.94. The average Bonchev–Trinajstić information content (AvgIpc) is 2.58. The molecule has 0 atom stereocenters. The van der Waals surface area contributed by atoms with Gasteiger partial charge in [-0.3, -0.25) is 0 Å². The van der Waals surface area contributed by atoms with Crippen LogP contribution in [0.25, 0.3) is 12.2 Å². The van der Waals surface area contributed by atoms with Gasteiger partial charge in [-0.15, -0.1) is 0 Å². The zero-order valence-corrected chi connectivity index (χ0v) is 14.3. The molecule has 0 aliphatic rings. The molecule has 0 radical (unpaired) electrons. The molecule has 2 rings (SSSR count). The zero-order chi connectivity index (χ0) is 17.7. The minimum atomic E-state index is 0.486. The highest BCUT2D eigenvalue weighted by Gasteiger charge is 2.12. The first kappa shape index (κ1) is 17.3. The number of ether oxygens (including phenoxy) is 4. The molecule has 0 fully saturated rings. The summed E-state index contributed by atoms with van der Waals surface area (Å²) in [5.74, 6) is 2.21. The molecule has 0 aliphatic heterocycles. The molecule has 0 saturated carbocycles. The Bertz CT molecular complexity index is 709.